The maximum absolute atomic E-state index is 13.5. The smallest absolute Gasteiger partial charge is 0.258 e. The van der Waals surface area contributed by atoms with Crippen LogP contribution >= 0.6 is 0 Å². The van der Waals surface area contributed by atoms with Gasteiger partial charge in [-0.05, 0) is 31.9 Å². The first-order valence-corrected chi connectivity index (χ1v) is 13.8. The fourth-order valence-corrected chi connectivity index (χ4v) is 4.97. The number of amides is 2. The van der Waals surface area contributed by atoms with Crippen molar-refractivity contribution in [1.29, 1.82) is 0 Å². The maximum atomic E-state index is 13.5. The zero-order chi connectivity index (χ0) is 25.0. The molecule has 0 aromatic heterocycles. The first kappa shape index (κ1) is 26.4. The van der Waals surface area contributed by atoms with Gasteiger partial charge in [0.15, 0.2) is 5.75 Å². The maximum Gasteiger partial charge on any atom is 0.258 e. The zero-order valence-corrected chi connectivity index (χ0v) is 21.3. The molecule has 2 N–H and O–H groups in total. The van der Waals surface area contributed by atoms with Gasteiger partial charge in [0.05, 0.1) is 36.7 Å². The van der Waals surface area contributed by atoms with Crippen molar-refractivity contribution >= 4 is 27.5 Å². The molecule has 1 heterocycles. The van der Waals surface area contributed by atoms with Crippen LogP contribution in [0, 0.1) is 11.8 Å². The van der Waals surface area contributed by atoms with Gasteiger partial charge in [-0.25, -0.2) is 12.7 Å². The lowest BCUT2D eigenvalue weighted by Crippen LogP contribution is -2.50. The molecule has 10 heteroatoms. The number of carbonyl (C=O) groups excluding carboxylic acids is 2. The van der Waals surface area contributed by atoms with Crippen LogP contribution in [0.2, 0.25) is 0 Å². The molecule has 0 spiro atoms. The number of benzene rings is 1. The third-order valence-electron chi connectivity index (χ3n) is 6.93. The Hall–Kier alpha value is -2.17. The molecule has 1 saturated carbocycles. The van der Waals surface area contributed by atoms with Crippen molar-refractivity contribution in [3.05, 3.63) is 23.8 Å². The van der Waals surface area contributed by atoms with Gasteiger partial charge >= 0.3 is 0 Å². The summed E-state index contributed by atoms with van der Waals surface area (Å²) in [5.74, 6) is -0.467. The van der Waals surface area contributed by atoms with E-state index in [1.807, 2.05) is 6.92 Å². The van der Waals surface area contributed by atoms with Crippen molar-refractivity contribution in [3.8, 4) is 5.75 Å². The Morgan fingerprint density at radius 1 is 1.29 bits per heavy atom. The fraction of sp³-hybridized carbons (Fsp3) is 0.667. The van der Waals surface area contributed by atoms with Crippen LogP contribution in [0.15, 0.2) is 18.2 Å². The van der Waals surface area contributed by atoms with Crippen LogP contribution < -0.4 is 10.1 Å². The summed E-state index contributed by atoms with van der Waals surface area (Å²) in [5.41, 5.74) is 0.680. The summed E-state index contributed by atoms with van der Waals surface area (Å²) in [6.45, 7) is 3.82. The van der Waals surface area contributed by atoms with Crippen LogP contribution in [-0.2, 0) is 14.8 Å². The number of anilines is 1. The van der Waals surface area contributed by atoms with Gasteiger partial charge in [-0.15, -0.1) is 0 Å². The van der Waals surface area contributed by atoms with Gasteiger partial charge in [0, 0.05) is 25.4 Å². The number of likely N-dealkylation sites (N-methyl/N-ethyl adjacent to an activating group) is 1. The SMILES string of the molecule is C[C@H](CO)N1C[C@H](C)[C@H](CN(C)S(C)(=O)=O)Oc2c(NC(=O)C3CCCCC3)cccc2C1=O. The average Bonchev–Trinajstić information content (AvgIpc) is 2.81. The van der Waals surface area contributed by atoms with E-state index < -0.39 is 22.2 Å². The molecular formula is C24H37N3O6S. The van der Waals surface area contributed by atoms with E-state index in [1.54, 1.807) is 30.0 Å². The lowest BCUT2D eigenvalue weighted by atomic mass is 9.88. The molecule has 1 aromatic rings. The second-order valence-corrected chi connectivity index (χ2v) is 11.8. The minimum absolute atomic E-state index is 0.0779. The number of aliphatic hydroxyl groups excluding tert-OH is 1. The Labute approximate surface area is 202 Å². The zero-order valence-electron chi connectivity index (χ0n) is 20.5. The highest BCUT2D eigenvalue weighted by Gasteiger charge is 2.35. The van der Waals surface area contributed by atoms with Gasteiger partial charge in [0.25, 0.3) is 5.91 Å². The third kappa shape index (κ3) is 6.09. The van der Waals surface area contributed by atoms with Crippen LogP contribution in [0.25, 0.3) is 0 Å². The molecule has 0 saturated heterocycles. The summed E-state index contributed by atoms with van der Waals surface area (Å²) in [7, 11) is -1.96. The number of hydrogen-bond donors (Lipinski definition) is 2. The molecule has 3 atom stereocenters. The number of ether oxygens (including phenoxy) is 1. The third-order valence-corrected chi connectivity index (χ3v) is 8.21. The Morgan fingerprint density at radius 3 is 2.59 bits per heavy atom. The summed E-state index contributed by atoms with van der Waals surface area (Å²) < 4.78 is 31.7. The minimum Gasteiger partial charge on any atom is -0.486 e. The molecule has 1 aromatic carbocycles. The van der Waals surface area contributed by atoms with Gasteiger partial charge in [0.2, 0.25) is 15.9 Å². The molecule has 0 bridgehead atoms. The standard InChI is InChI=1S/C24H37N3O6S/c1-16-13-27(17(2)15-28)24(30)19-11-8-12-20(25-23(29)18-9-6-5-7-10-18)22(19)33-21(16)14-26(3)34(4,31)32/h8,11-12,16-18,21,28H,5-7,9-10,13-15H2,1-4H3,(H,25,29)/t16-,17+,21-/m0/s1. The van der Waals surface area contributed by atoms with Crippen LogP contribution in [-0.4, -0.2) is 79.7 Å². The highest BCUT2D eigenvalue weighted by Crippen LogP contribution is 2.36. The van der Waals surface area contributed by atoms with Crippen molar-refractivity contribution in [1.82, 2.24) is 9.21 Å². The van der Waals surface area contributed by atoms with E-state index in [1.165, 1.54) is 11.4 Å². The van der Waals surface area contributed by atoms with Gasteiger partial charge < -0.3 is 20.1 Å². The first-order valence-electron chi connectivity index (χ1n) is 12.0. The second kappa shape index (κ2) is 11.0. The number of aliphatic hydroxyl groups is 1. The molecule has 34 heavy (non-hydrogen) atoms. The van der Waals surface area contributed by atoms with Crippen molar-refractivity contribution in [2.75, 3.05) is 38.3 Å². The molecule has 9 nitrogen and oxygen atoms in total. The summed E-state index contributed by atoms with van der Waals surface area (Å²) in [4.78, 5) is 28.0. The predicted octanol–water partition coefficient (Wildman–Crippen LogP) is 2.32. The largest absolute Gasteiger partial charge is 0.486 e. The number of para-hydroxylation sites is 1. The van der Waals surface area contributed by atoms with Gasteiger partial charge in [0.1, 0.15) is 6.10 Å². The summed E-state index contributed by atoms with van der Waals surface area (Å²) in [6.07, 6.45) is 5.40. The number of fused-ring (bicyclic) bond motifs is 1. The van der Waals surface area contributed by atoms with E-state index in [0.717, 1.165) is 38.4 Å². The van der Waals surface area contributed by atoms with Crippen LogP contribution in [0.4, 0.5) is 5.69 Å². The van der Waals surface area contributed by atoms with E-state index in [-0.39, 0.29) is 48.1 Å². The Morgan fingerprint density at radius 2 is 1.97 bits per heavy atom. The lowest BCUT2D eigenvalue weighted by molar-refractivity contribution is -0.120. The van der Waals surface area contributed by atoms with Gasteiger partial charge in [-0.2, -0.15) is 0 Å². The summed E-state index contributed by atoms with van der Waals surface area (Å²) in [6, 6.07) is 4.60. The van der Waals surface area contributed by atoms with Crippen LogP contribution in [0.3, 0.4) is 0 Å². The number of carbonyl (C=O) groups is 2. The Kier molecular flexibility index (Phi) is 8.59. The number of nitrogens with zero attached hydrogens (tertiary/aromatic N) is 2. The normalized spacial score (nSPS) is 23.0. The highest BCUT2D eigenvalue weighted by molar-refractivity contribution is 7.88. The molecule has 1 aliphatic heterocycles. The molecule has 0 unspecified atom stereocenters. The average molecular weight is 496 g/mol. The molecule has 1 aliphatic carbocycles. The van der Waals surface area contributed by atoms with Crippen LogP contribution in [0.1, 0.15) is 56.3 Å². The second-order valence-electron chi connectivity index (χ2n) is 9.67. The molecule has 0 radical (unpaired) electrons. The van der Waals surface area contributed by atoms with E-state index in [9.17, 15) is 23.1 Å². The molecule has 2 aliphatic rings. The Bertz CT molecular complexity index is 992. The predicted molar refractivity (Wildman–Crippen MR) is 130 cm³/mol. The van der Waals surface area contributed by atoms with Crippen molar-refractivity contribution in [2.24, 2.45) is 11.8 Å². The highest BCUT2D eigenvalue weighted by atomic mass is 32.2. The topological polar surface area (TPSA) is 116 Å². The quantitative estimate of drug-likeness (QED) is 0.600. The summed E-state index contributed by atoms with van der Waals surface area (Å²) >= 11 is 0. The monoisotopic (exact) mass is 495 g/mol. The Balaban J connectivity index is 2.00. The number of nitrogens with one attached hydrogen (secondary N) is 1. The molecule has 3 rings (SSSR count). The van der Waals surface area contributed by atoms with Crippen molar-refractivity contribution in [2.45, 2.75) is 58.1 Å². The lowest BCUT2D eigenvalue weighted by Gasteiger charge is -2.38. The van der Waals surface area contributed by atoms with Crippen molar-refractivity contribution in [3.63, 3.8) is 0 Å². The number of hydrogen-bond acceptors (Lipinski definition) is 6. The van der Waals surface area contributed by atoms with Crippen molar-refractivity contribution < 1.29 is 27.9 Å². The number of sulfonamides is 1. The van der Waals surface area contributed by atoms with E-state index >= 15 is 0 Å². The van der Waals surface area contributed by atoms with E-state index in [2.05, 4.69) is 5.32 Å². The molecule has 2 amide bonds. The fourth-order valence-electron chi connectivity index (χ4n) is 4.55. The first-order chi connectivity index (χ1) is 16.0. The van der Waals surface area contributed by atoms with Crippen LogP contribution in [0.5, 0.6) is 5.75 Å². The molecule has 190 valence electrons. The van der Waals surface area contributed by atoms with E-state index in [0.29, 0.717) is 12.2 Å². The minimum atomic E-state index is -3.45. The van der Waals surface area contributed by atoms with E-state index in [4.69, 9.17) is 4.74 Å². The van der Waals surface area contributed by atoms with Gasteiger partial charge in [-0.1, -0.05) is 32.3 Å². The van der Waals surface area contributed by atoms with Gasteiger partial charge in [-0.3, -0.25) is 9.59 Å². The number of rotatable bonds is 7. The molecule has 1 fully saturated rings. The molecular weight excluding hydrogens is 458 g/mol. The summed E-state index contributed by atoms with van der Waals surface area (Å²) in [5, 5.41) is 12.7.